The van der Waals surface area contributed by atoms with E-state index in [-0.39, 0.29) is 10.6 Å². The highest BCUT2D eigenvalue weighted by atomic mass is 79.9. The van der Waals surface area contributed by atoms with Crippen molar-refractivity contribution in [2.24, 2.45) is 5.92 Å². The Labute approximate surface area is 113 Å². The lowest BCUT2D eigenvalue weighted by Gasteiger charge is -2.09. The van der Waals surface area contributed by atoms with Crippen molar-refractivity contribution in [2.45, 2.75) is 30.5 Å². The molecular formula is C12H13BrClNO2. The molecule has 0 aromatic heterocycles. The van der Waals surface area contributed by atoms with Crippen molar-refractivity contribution in [1.82, 2.24) is 0 Å². The van der Waals surface area contributed by atoms with E-state index in [4.69, 9.17) is 11.6 Å². The summed E-state index contributed by atoms with van der Waals surface area (Å²) in [7, 11) is 0. The highest BCUT2D eigenvalue weighted by Crippen LogP contribution is 2.39. The third-order valence-corrected chi connectivity index (χ3v) is 4.65. The maximum atomic E-state index is 10.9. The Hall–Kier alpha value is -0.610. The van der Waals surface area contributed by atoms with E-state index in [0.717, 1.165) is 12.3 Å². The molecule has 1 saturated carbocycles. The second kappa shape index (κ2) is 5.36. The van der Waals surface area contributed by atoms with Gasteiger partial charge in [0.25, 0.3) is 5.69 Å². The fourth-order valence-corrected chi connectivity index (χ4v) is 2.96. The molecule has 0 aliphatic heterocycles. The Morgan fingerprint density at radius 3 is 2.82 bits per heavy atom. The van der Waals surface area contributed by atoms with Gasteiger partial charge in [0.05, 0.1) is 9.95 Å². The highest BCUT2D eigenvalue weighted by molar-refractivity contribution is 9.09. The molecule has 0 N–H and O–H groups in total. The SMILES string of the molecule is O=[N+]([O-])c1cccc(Cl)c1CCC(Br)C1CC1. The van der Waals surface area contributed by atoms with Gasteiger partial charge in [0.1, 0.15) is 0 Å². The molecule has 2 rings (SSSR count). The number of nitro groups is 1. The van der Waals surface area contributed by atoms with Crippen LogP contribution < -0.4 is 0 Å². The lowest BCUT2D eigenvalue weighted by atomic mass is 10.0. The summed E-state index contributed by atoms with van der Waals surface area (Å²) in [6.07, 6.45) is 4.08. The van der Waals surface area contributed by atoms with E-state index in [1.165, 1.54) is 18.9 Å². The average Bonchev–Trinajstić information content (AvgIpc) is 3.10. The normalized spacial score (nSPS) is 16.8. The Morgan fingerprint density at radius 2 is 2.24 bits per heavy atom. The van der Waals surface area contributed by atoms with Crippen LogP contribution in [-0.4, -0.2) is 9.75 Å². The van der Waals surface area contributed by atoms with Crippen LogP contribution in [0.4, 0.5) is 5.69 Å². The molecule has 0 bridgehead atoms. The maximum absolute atomic E-state index is 10.9. The van der Waals surface area contributed by atoms with E-state index in [1.807, 2.05) is 0 Å². The topological polar surface area (TPSA) is 43.1 Å². The molecular weight excluding hydrogens is 305 g/mol. The maximum Gasteiger partial charge on any atom is 0.274 e. The molecule has 5 heteroatoms. The van der Waals surface area contributed by atoms with E-state index in [9.17, 15) is 10.1 Å². The zero-order chi connectivity index (χ0) is 12.4. The summed E-state index contributed by atoms with van der Waals surface area (Å²) in [6, 6.07) is 4.85. The smallest absolute Gasteiger partial charge is 0.258 e. The fourth-order valence-electron chi connectivity index (χ4n) is 1.94. The molecule has 0 radical (unpaired) electrons. The lowest BCUT2D eigenvalue weighted by Crippen LogP contribution is -2.04. The molecule has 0 spiro atoms. The molecule has 1 aliphatic carbocycles. The van der Waals surface area contributed by atoms with Gasteiger partial charge in [0.15, 0.2) is 0 Å². The summed E-state index contributed by atoms with van der Waals surface area (Å²) in [5, 5.41) is 11.4. The summed E-state index contributed by atoms with van der Waals surface area (Å²) < 4.78 is 0. The lowest BCUT2D eigenvalue weighted by molar-refractivity contribution is -0.385. The van der Waals surface area contributed by atoms with Gasteiger partial charge in [-0.25, -0.2) is 0 Å². The summed E-state index contributed by atoms with van der Waals surface area (Å²) in [6.45, 7) is 0. The van der Waals surface area contributed by atoms with Gasteiger partial charge in [-0.05, 0) is 37.7 Å². The predicted octanol–water partition coefficient (Wildman–Crippen LogP) is 4.35. The second-order valence-corrected chi connectivity index (χ2v) is 5.97. The fraction of sp³-hybridized carbons (Fsp3) is 0.500. The minimum absolute atomic E-state index is 0.132. The molecule has 1 unspecified atom stereocenters. The van der Waals surface area contributed by atoms with E-state index in [2.05, 4.69) is 15.9 Å². The summed E-state index contributed by atoms with van der Waals surface area (Å²) in [4.78, 5) is 11.0. The van der Waals surface area contributed by atoms with Gasteiger partial charge in [-0.1, -0.05) is 33.6 Å². The Morgan fingerprint density at radius 1 is 1.53 bits per heavy atom. The first-order valence-corrected chi connectivity index (χ1v) is 6.95. The first-order chi connectivity index (χ1) is 8.09. The standard InChI is InChI=1S/C12H13BrClNO2/c13-10(8-4-5-8)7-6-9-11(14)2-1-3-12(9)15(16)17/h1-3,8,10H,4-7H2. The van der Waals surface area contributed by atoms with Crippen LogP contribution >= 0.6 is 27.5 Å². The van der Waals surface area contributed by atoms with Crippen molar-refractivity contribution >= 4 is 33.2 Å². The molecule has 1 atom stereocenters. The third kappa shape index (κ3) is 3.19. The number of hydrogen-bond acceptors (Lipinski definition) is 2. The summed E-state index contributed by atoms with van der Waals surface area (Å²) >= 11 is 9.67. The number of nitrogens with zero attached hydrogens (tertiary/aromatic N) is 1. The molecule has 1 aromatic rings. The average molecular weight is 319 g/mol. The van der Waals surface area contributed by atoms with Gasteiger partial charge >= 0.3 is 0 Å². The van der Waals surface area contributed by atoms with Crippen LogP contribution in [-0.2, 0) is 6.42 Å². The van der Waals surface area contributed by atoms with Crippen LogP contribution in [0.25, 0.3) is 0 Å². The second-order valence-electron chi connectivity index (χ2n) is 4.39. The van der Waals surface area contributed by atoms with Crippen LogP contribution in [0.3, 0.4) is 0 Å². The van der Waals surface area contributed by atoms with Crippen molar-refractivity contribution in [3.63, 3.8) is 0 Å². The number of benzene rings is 1. The van der Waals surface area contributed by atoms with Crippen LogP contribution in [0.5, 0.6) is 0 Å². The van der Waals surface area contributed by atoms with Gasteiger partial charge in [0.2, 0.25) is 0 Å². The number of rotatable bonds is 5. The van der Waals surface area contributed by atoms with Crippen molar-refractivity contribution in [3.8, 4) is 0 Å². The molecule has 17 heavy (non-hydrogen) atoms. The van der Waals surface area contributed by atoms with Crippen molar-refractivity contribution in [2.75, 3.05) is 0 Å². The number of alkyl halides is 1. The summed E-state index contributed by atoms with van der Waals surface area (Å²) in [5.41, 5.74) is 0.789. The quantitative estimate of drug-likeness (QED) is 0.460. The molecule has 92 valence electrons. The van der Waals surface area contributed by atoms with Crippen LogP contribution in [0.2, 0.25) is 5.02 Å². The number of hydrogen-bond donors (Lipinski definition) is 0. The van der Waals surface area contributed by atoms with Gasteiger partial charge in [-0.15, -0.1) is 0 Å². The van der Waals surface area contributed by atoms with Crippen LogP contribution in [0.1, 0.15) is 24.8 Å². The largest absolute Gasteiger partial charge is 0.274 e. The Bertz CT molecular complexity index is 435. The minimum atomic E-state index is -0.360. The van der Waals surface area contributed by atoms with E-state index in [1.54, 1.807) is 12.1 Å². The first-order valence-electron chi connectivity index (χ1n) is 5.65. The van der Waals surface area contributed by atoms with Crippen molar-refractivity contribution < 1.29 is 4.92 Å². The van der Waals surface area contributed by atoms with Crippen LogP contribution in [0.15, 0.2) is 18.2 Å². The predicted molar refractivity (Wildman–Crippen MR) is 71.9 cm³/mol. The van der Waals surface area contributed by atoms with Gasteiger partial charge < -0.3 is 0 Å². The highest BCUT2D eigenvalue weighted by Gasteiger charge is 2.29. The Kier molecular flexibility index (Phi) is 4.05. The molecule has 1 aliphatic rings. The zero-order valence-electron chi connectivity index (χ0n) is 9.23. The Balaban J connectivity index is 2.10. The van der Waals surface area contributed by atoms with E-state index >= 15 is 0 Å². The monoisotopic (exact) mass is 317 g/mol. The van der Waals surface area contributed by atoms with Gasteiger partial charge in [0, 0.05) is 16.5 Å². The zero-order valence-corrected chi connectivity index (χ0v) is 11.6. The first kappa shape index (κ1) is 12.8. The third-order valence-electron chi connectivity index (χ3n) is 3.09. The number of halogens is 2. The number of nitro benzene ring substituents is 1. The van der Waals surface area contributed by atoms with Crippen LogP contribution in [0, 0.1) is 16.0 Å². The minimum Gasteiger partial charge on any atom is -0.258 e. The van der Waals surface area contributed by atoms with Gasteiger partial charge in [-0.3, -0.25) is 10.1 Å². The van der Waals surface area contributed by atoms with E-state index < -0.39 is 0 Å². The molecule has 3 nitrogen and oxygen atoms in total. The molecule has 1 fully saturated rings. The molecule has 1 aromatic carbocycles. The van der Waals surface area contributed by atoms with E-state index in [0.29, 0.717) is 21.8 Å². The molecule has 0 saturated heterocycles. The molecule has 0 amide bonds. The summed E-state index contributed by atoms with van der Waals surface area (Å²) in [5.74, 6) is 0.747. The molecule has 0 heterocycles. The van der Waals surface area contributed by atoms with Crippen molar-refractivity contribution in [3.05, 3.63) is 38.9 Å². The van der Waals surface area contributed by atoms with Crippen molar-refractivity contribution in [1.29, 1.82) is 0 Å². The van der Waals surface area contributed by atoms with Gasteiger partial charge in [-0.2, -0.15) is 0 Å².